The summed E-state index contributed by atoms with van der Waals surface area (Å²) in [5.41, 5.74) is 0. The SMILES string of the molecule is Fc1ncccc1OC(F)(Cl)Cl. The zero-order valence-corrected chi connectivity index (χ0v) is 7.11. The van der Waals surface area contributed by atoms with Crippen LogP contribution in [0.4, 0.5) is 8.78 Å². The van der Waals surface area contributed by atoms with Crippen LogP contribution in [0.1, 0.15) is 0 Å². The van der Waals surface area contributed by atoms with Gasteiger partial charge in [-0.3, -0.25) is 0 Å². The monoisotopic (exact) mass is 213 g/mol. The Hall–Kier alpha value is -0.610. The number of pyridine rings is 1. The molecule has 0 aromatic carbocycles. The van der Waals surface area contributed by atoms with Gasteiger partial charge < -0.3 is 4.74 Å². The van der Waals surface area contributed by atoms with Crippen molar-refractivity contribution in [3.8, 4) is 5.75 Å². The van der Waals surface area contributed by atoms with Crippen LogP contribution in [0.3, 0.4) is 0 Å². The fourth-order valence-corrected chi connectivity index (χ4v) is 0.738. The zero-order chi connectivity index (χ0) is 9.19. The number of rotatable bonds is 2. The average Bonchev–Trinajstić information content (AvgIpc) is 1.91. The Bertz CT molecular complexity index is 276. The van der Waals surface area contributed by atoms with Crippen LogP contribution in [0, 0.1) is 5.95 Å². The molecular formula is C6H3Cl2F2NO. The zero-order valence-electron chi connectivity index (χ0n) is 5.60. The van der Waals surface area contributed by atoms with Crippen LogP contribution in [-0.2, 0) is 0 Å². The molecule has 0 fully saturated rings. The van der Waals surface area contributed by atoms with Gasteiger partial charge in [0.15, 0.2) is 5.75 Å². The highest BCUT2D eigenvalue weighted by Crippen LogP contribution is 2.27. The maximum Gasteiger partial charge on any atom is 0.410 e. The van der Waals surface area contributed by atoms with Crippen LogP contribution < -0.4 is 4.74 Å². The van der Waals surface area contributed by atoms with Crippen molar-refractivity contribution in [2.45, 2.75) is 4.77 Å². The van der Waals surface area contributed by atoms with Crippen LogP contribution in [0.5, 0.6) is 5.75 Å². The third kappa shape index (κ3) is 2.79. The molecule has 0 aliphatic carbocycles. The number of nitrogens with zero attached hydrogens (tertiary/aromatic N) is 1. The van der Waals surface area contributed by atoms with Gasteiger partial charge in [-0.2, -0.15) is 8.78 Å². The summed E-state index contributed by atoms with van der Waals surface area (Å²) in [6.45, 7) is 0. The summed E-state index contributed by atoms with van der Waals surface area (Å²) < 4.78 is 26.2. The summed E-state index contributed by atoms with van der Waals surface area (Å²) in [5, 5.41) is 0. The van der Waals surface area contributed by atoms with Crippen molar-refractivity contribution in [2.24, 2.45) is 0 Å². The number of halogens is 4. The minimum absolute atomic E-state index is 0.440. The van der Waals surface area contributed by atoms with E-state index in [0.717, 1.165) is 6.07 Å². The Balaban J connectivity index is 2.83. The summed E-state index contributed by atoms with van der Waals surface area (Å²) in [6.07, 6.45) is 1.19. The van der Waals surface area contributed by atoms with Gasteiger partial charge in [0.2, 0.25) is 0 Å². The molecule has 1 rings (SSSR count). The lowest BCUT2D eigenvalue weighted by molar-refractivity contribution is 0.0973. The first-order valence-electron chi connectivity index (χ1n) is 2.85. The molecule has 0 atom stereocenters. The van der Waals surface area contributed by atoms with E-state index in [1.54, 1.807) is 0 Å². The van der Waals surface area contributed by atoms with Gasteiger partial charge in [0.1, 0.15) is 0 Å². The molecule has 6 heteroatoms. The predicted molar refractivity (Wildman–Crippen MR) is 40.4 cm³/mol. The third-order valence-electron chi connectivity index (χ3n) is 0.951. The maximum atomic E-state index is 12.6. The van der Waals surface area contributed by atoms with E-state index < -0.39 is 16.5 Å². The Kier molecular flexibility index (Phi) is 2.69. The molecule has 0 saturated carbocycles. The van der Waals surface area contributed by atoms with E-state index in [1.165, 1.54) is 12.3 Å². The molecule has 0 aliphatic heterocycles. The first kappa shape index (κ1) is 9.48. The molecule has 0 spiro atoms. The molecule has 0 saturated heterocycles. The summed E-state index contributed by atoms with van der Waals surface area (Å²) in [6, 6.07) is 2.51. The second kappa shape index (κ2) is 3.41. The van der Waals surface area contributed by atoms with Crippen molar-refractivity contribution in [2.75, 3.05) is 0 Å². The van der Waals surface area contributed by atoms with Gasteiger partial charge in [-0.1, -0.05) is 0 Å². The number of aromatic nitrogens is 1. The normalized spacial score (nSPS) is 11.3. The van der Waals surface area contributed by atoms with E-state index in [4.69, 9.17) is 23.2 Å². The van der Waals surface area contributed by atoms with Crippen molar-refractivity contribution in [1.29, 1.82) is 0 Å². The lowest BCUT2D eigenvalue weighted by atomic mass is 10.4. The van der Waals surface area contributed by atoms with Crippen LogP contribution in [0.25, 0.3) is 0 Å². The van der Waals surface area contributed by atoms with E-state index in [-0.39, 0.29) is 0 Å². The highest BCUT2D eigenvalue weighted by Gasteiger charge is 2.26. The quantitative estimate of drug-likeness (QED) is 0.557. The van der Waals surface area contributed by atoms with E-state index in [1.807, 2.05) is 0 Å². The van der Waals surface area contributed by atoms with Gasteiger partial charge in [-0.05, 0) is 35.3 Å². The highest BCUT2D eigenvalue weighted by molar-refractivity contribution is 6.46. The fourth-order valence-electron chi connectivity index (χ4n) is 0.572. The lowest BCUT2D eigenvalue weighted by Crippen LogP contribution is -2.15. The molecule has 1 heterocycles. The minimum atomic E-state index is -2.94. The van der Waals surface area contributed by atoms with E-state index in [9.17, 15) is 8.78 Å². The molecule has 1 aromatic rings. The number of hydrogen-bond donors (Lipinski definition) is 0. The van der Waals surface area contributed by atoms with Crippen LogP contribution in [-0.4, -0.2) is 9.76 Å². The van der Waals surface area contributed by atoms with Gasteiger partial charge in [0, 0.05) is 6.20 Å². The van der Waals surface area contributed by atoms with Gasteiger partial charge in [-0.25, -0.2) is 4.98 Å². The molecule has 2 nitrogen and oxygen atoms in total. The van der Waals surface area contributed by atoms with Crippen LogP contribution in [0.15, 0.2) is 18.3 Å². The molecule has 0 bridgehead atoms. The van der Waals surface area contributed by atoms with Crippen LogP contribution in [0.2, 0.25) is 0 Å². The van der Waals surface area contributed by atoms with Gasteiger partial charge >= 0.3 is 4.77 Å². The average molecular weight is 214 g/mol. The third-order valence-corrected chi connectivity index (χ3v) is 1.10. The summed E-state index contributed by atoms with van der Waals surface area (Å²) >= 11 is 9.64. The largest absolute Gasteiger partial charge is 0.428 e. The van der Waals surface area contributed by atoms with Gasteiger partial charge in [0.05, 0.1) is 0 Å². The Labute approximate surface area is 77.1 Å². The Morgan fingerprint density at radius 1 is 1.50 bits per heavy atom. The maximum absolute atomic E-state index is 12.6. The smallest absolute Gasteiger partial charge is 0.410 e. The Morgan fingerprint density at radius 3 is 2.67 bits per heavy atom. The molecule has 0 aliphatic rings. The first-order chi connectivity index (χ1) is 5.49. The number of alkyl halides is 3. The van der Waals surface area contributed by atoms with E-state index in [2.05, 4.69) is 9.72 Å². The summed E-state index contributed by atoms with van der Waals surface area (Å²) in [7, 11) is 0. The van der Waals surface area contributed by atoms with Crippen molar-refractivity contribution in [3.63, 3.8) is 0 Å². The van der Waals surface area contributed by atoms with E-state index in [0.29, 0.717) is 0 Å². The Morgan fingerprint density at radius 2 is 2.17 bits per heavy atom. The summed E-state index contributed by atoms with van der Waals surface area (Å²) in [4.78, 5) is 3.19. The lowest BCUT2D eigenvalue weighted by Gasteiger charge is -2.11. The molecule has 0 unspecified atom stereocenters. The van der Waals surface area contributed by atoms with Crippen molar-refractivity contribution in [1.82, 2.24) is 4.98 Å². The molecular weight excluding hydrogens is 211 g/mol. The minimum Gasteiger partial charge on any atom is -0.428 e. The fraction of sp³-hybridized carbons (Fsp3) is 0.167. The number of hydrogen-bond acceptors (Lipinski definition) is 2. The second-order valence-corrected chi connectivity index (χ2v) is 3.01. The standard InChI is InChI=1S/C6H3Cl2F2NO/c7-6(8,10)12-4-2-1-3-11-5(4)9/h1-3H. The van der Waals surface area contributed by atoms with Gasteiger partial charge in [0.25, 0.3) is 5.95 Å². The number of ether oxygens (including phenoxy) is 1. The molecule has 0 radical (unpaired) electrons. The molecule has 12 heavy (non-hydrogen) atoms. The first-order valence-corrected chi connectivity index (χ1v) is 3.61. The van der Waals surface area contributed by atoms with Crippen molar-refractivity contribution < 1.29 is 13.5 Å². The molecule has 66 valence electrons. The predicted octanol–water partition coefficient (Wildman–Crippen LogP) is 2.66. The second-order valence-electron chi connectivity index (χ2n) is 1.84. The van der Waals surface area contributed by atoms with Crippen LogP contribution >= 0.6 is 23.2 Å². The molecule has 0 amide bonds. The highest BCUT2D eigenvalue weighted by atomic mass is 35.5. The molecule has 1 aromatic heterocycles. The summed E-state index contributed by atoms with van der Waals surface area (Å²) in [5.74, 6) is -1.41. The van der Waals surface area contributed by atoms with E-state index >= 15 is 0 Å². The van der Waals surface area contributed by atoms with Crippen molar-refractivity contribution >= 4 is 23.2 Å². The topological polar surface area (TPSA) is 22.1 Å². The van der Waals surface area contributed by atoms with Gasteiger partial charge in [-0.15, -0.1) is 0 Å². The molecule has 0 N–H and O–H groups in total. The van der Waals surface area contributed by atoms with Crippen molar-refractivity contribution in [3.05, 3.63) is 24.3 Å².